The van der Waals surface area contributed by atoms with Gasteiger partial charge in [-0.25, -0.2) is 4.39 Å². The predicted molar refractivity (Wildman–Crippen MR) is 81.8 cm³/mol. The van der Waals surface area contributed by atoms with Gasteiger partial charge in [-0.2, -0.15) is 0 Å². The maximum atomic E-state index is 13.1. The average molecular weight is 291 g/mol. The Morgan fingerprint density at radius 2 is 2.00 bits per heavy atom. The Labute approximate surface area is 123 Å². The van der Waals surface area contributed by atoms with Gasteiger partial charge in [-0.3, -0.25) is 0 Å². The first-order valence-electron chi connectivity index (χ1n) is 6.45. The molecule has 0 amide bonds. The summed E-state index contributed by atoms with van der Waals surface area (Å²) in [5, 5.41) is 0. The highest BCUT2D eigenvalue weighted by Crippen LogP contribution is 2.22. The van der Waals surface area contributed by atoms with E-state index < -0.39 is 0 Å². The summed E-state index contributed by atoms with van der Waals surface area (Å²) in [5.74, 6) is 1.38. The molecule has 0 fully saturated rings. The van der Waals surface area contributed by atoms with E-state index in [1.807, 2.05) is 30.3 Å². The molecule has 0 aliphatic carbocycles. The summed E-state index contributed by atoms with van der Waals surface area (Å²) >= 11 is 1.57. The molecule has 1 unspecified atom stereocenters. The minimum absolute atomic E-state index is 0.000401. The Kier molecular flexibility index (Phi) is 5.44. The maximum Gasteiger partial charge on any atom is 0.124 e. The van der Waals surface area contributed by atoms with Crippen LogP contribution in [0, 0.1) is 5.82 Å². The van der Waals surface area contributed by atoms with Crippen molar-refractivity contribution in [2.45, 2.75) is 17.4 Å². The molecule has 0 radical (unpaired) electrons. The molecule has 0 aliphatic heterocycles. The molecule has 0 aromatic heterocycles. The van der Waals surface area contributed by atoms with Crippen molar-refractivity contribution in [3.8, 4) is 5.75 Å². The molecule has 0 heterocycles. The number of nitrogens with two attached hydrogens (primary N) is 1. The van der Waals surface area contributed by atoms with Crippen molar-refractivity contribution in [1.82, 2.24) is 0 Å². The van der Waals surface area contributed by atoms with Gasteiger partial charge in [0, 0.05) is 16.7 Å². The zero-order valence-electron chi connectivity index (χ0n) is 11.4. The van der Waals surface area contributed by atoms with Crippen LogP contribution in [-0.4, -0.2) is 18.9 Å². The molecule has 4 heteroatoms. The first kappa shape index (κ1) is 14.9. The summed E-state index contributed by atoms with van der Waals surface area (Å²) in [6, 6.07) is 14.4. The quantitative estimate of drug-likeness (QED) is 0.827. The minimum Gasteiger partial charge on any atom is -0.496 e. The number of halogens is 1. The molecule has 1 atom stereocenters. The third-order valence-corrected chi connectivity index (χ3v) is 4.12. The number of hydrogen-bond acceptors (Lipinski definition) is 3. The highest BCUT2D eigenvalue weighted by molar-refractivity contribution is 7.99. The van der Waals surface area contributed by atoms with Crippen molar-refractivity contribution in [2.75, 3.05) is 12.9 Å². The molecule has 0 saturated carbocycles. The molecule has 2 nitrogen and oxygen atoms in total. The number of ether oxygens (including phenoxy) is 1. The van der Waals surface area contributed by atoms with Crippen molar-refractivity contribution < 1.29 is 9.13 Å². The fourth-order valence-corrected chi connectivity index (χ4v) is 2.87. The second kappa shape index (κ2) is 7.31. The molecular weight excluding hydrogens is 273 g/mol. The summed E-state index contributed by atoms with van der Waals surface area (Å²) in [4.78, 5) is 0.903. The van der Waals surface area contributed by atoms with Crippen LogP contribution in [0.25, 0.3) is 0 Å². The molecule has 0 spiro atoms. The van der Waals surface area contributed by atoms with Crippen LogP contribution in [0.2, 0.25) is 0 Å². The van der Waals surface area contributed by atoms with Gasteiger partial charge in [0.1, 0.15) is 11.6 Å². The van der Waals surface area contributed by atoms with Crippen LogP contribution < -0.4 is 10.5 Å². The van der Waals surface area contributed by atoms with Gasteiger partial charge in [0.25, 0.3) is 0 Å². The second-order valence-electron chi connectivity index (χ2n) is 4.54. The summed E-state index contributed by atoms with van der Waals surface area (Å²) in [6.45, 7) is 0. The van der Waals surface area contributed by atoms with Crippen LogP contribution in [-0.2, 0) is 6.42 Å². The lowest BCUT2D eigenvalue weighted by Gasteiger charge is -2.14. The summed E-state index contributed by atoms with van der Waals surface area (Å²) in [7, 11) is 1.66. The lowest BCUT2D eigenvalue weighted by molar-refractivity contribution is 0.408. The van der Waals surface area contributed by atoms with E-state index in [-0.39, 0.29) is 11.9 Å². The molecular formula is C16H18FNOS. The van der Waals surface area contributed by atoms with Crippen LogP contribution in [0.15, 0.2) is 53.4 Å². The first-order chi connectivity index (χ1) is 9.69. The smallest absolute Gasteiger partial charge is 0.124 e. The Morgan fingerprint density at radius 3 is 2.75 bits per heavy atom. The monoisotopic (exact) mass is 291 g/mol. The largest absolute Gasteiger partial charge is 0.496 e. The van der Waals surface area contributed by atoms with Crippen molar-refractivity contribution >= 4 is 11.8 Å². The molecule has 2 aromatic rings. The Morgan fingerprint density at radius 1 is 1.20 bits per heavy atom. The summed E-state index contributed by atoms with van der Waals surface area (Å²) in [6.07, 6.45) is 0.742. The number of benzene rings is 2. The van der Waals surface area contributed by atoms with Crippen molar-refractivity contribution in [3.63, 3.8) is 0 Å². The van der Waals surface area contributed by atoms with Gasteiger partial charge in [0.2, 0.25) is 0 Å². The van der Waals surface area contributed by atoms with Gasteiger partial charge in [-0.1, -0.05) is 24.3 Å². The number of thioether (sulfide) groups is 1. The van der Waals surface area contributed by atoms with Crippen LogP contribution in [0.5, 0.6) is 5.75 Å². The number of methoxy groups -OCH3 is 1. The van der Waals surface area contributed by atoms with E-state index in [1.54, 1.807) is 24.9 Å². The van der Waals surface area contributed by atoms with Crippen molar-refractivity contribution in [1.29, 1.82) is 0 Å². The molecule has 106 valence electrons. The number of hydrogen-bond donors (Lipinski definition) is 1. The fourth-order valence-electron chi connectivity index (χ4n) is 1.97. The van der Waals surface area contributed by atoms with Gasteiger partial charge < -0.3 is 10.5 Å². The first-order valence-corrected chi connectivity index (χ1v) is 7.43. The Bertz CT molecular complexity index is 562. The van der Waals surface area contributed by atoms with Gasteiger partial charge in [-0.15, -0.1) is 11.8 Å². The zero-order valence-corrected chi connectivity index (χ0v) is 12.2. The molecule has 2 aromatic carbocycles. The SMILES string of the molecule is COc1ccccc1CC(N)CSc1cccc(F)c1. The van der Waals surface area contributed by atoms with Crippen molar-refractivity contribution in [3.05, 3.63) is 59.9 Å². The summed E-state index contributed by atoms with van der Waals surface area (Å²) in [5.41, 5.74) is 7.24. The third kappa shape index (κ3) is 4.25. The van der Waals surface area contributed by atoms with E-state index in [1.165, 1.54) is 12.1 Å². The van der Waals surface area contributed by atoms with Gasteiger partial charge in [0.15, 0.2) is 0 Å². The Balaban J connectivity index is 1.91. The summed E-state index contributed by atoms with van der Waals surface area (Å²) < 4.78 is 18.4. The van der Waals surface area contributed by atoms with Gasteiger partial charge in [0.05, 0.1) is 7.11 Å². The molecule has 2 N–H and O–H groups in total. The van der Waals surface area contributed by atoms with E-state index >= 15 is 0 Å². The van der Waals surface area contributed by atoms with Crippen LogP contribution in [0.1, 0.15) is 5.56 Å². The zero-order chi connectivity index (χ0) is 14.4. The standard InChI is InChI=1S/C16H18FNOS/c1-19-16-8-3-2-5-12(16)9-14(18)11-20-15-7-4-6-13(17)10-15/h2-8,10,14H,9,11,18H2,1H3. The maximum absolute atomic E-state index is 13.1. The van der Waals surface area contributed by atoms with Gasteiger partial charge >= 0.3 is 0 Å². The molecule has 0 aliphatic rings. The third-order valence-electron chi connectivity index (χ3n) is 2.93. The predicted octanol–water partition coefficient (Wildman–Crippen LogP) is 3.50. The van der Waals surface area contributed by atoms with E-state index in [9.17, 15) is 4.39 Å². The molecule has 0 bridgehead atoms. The van der Waals surface area contributed by atoms with E-state index in [0.29, 0.717) is 0 Å². The highest BCUT2D eigenvalue weighted by Gasteiger charge is 2.09. The normalized spacial score (nSPS) is 12.2. The molecule has 0 saturated heterocycles. The lowest BCUT2D eigenvalue weighted by Crippen LogP contribution is -2.25. The number of rotatable bonds is 6. The topological polar surface area (TPSA) is 35.2 Å². The van der Waals surface area contributed by atoms with E-state index in [2.05, 4.69) is 0 Å². The average Bonchev–Trinajstić information content (AvgIpc) is 2.46. The number of para-hydroxylation sites is 1. The van der Waals surface area contributed by atoms with Crippen LogP contribution >= 0.6 is 11.8 Å². The second-order valence-corrected chi connectivity index (χ2v) is 5.64. The molecule has 20 heavy (non-hydrogen) atoms. The van der Waals surface area contributed by atoms with Crippen LogP contribution in [0.3, 0.4) is 0 Å². The minimum atomic E-state index is -0.215. The highest BCUT2D eigenvalue weighted by atomic mass is 32.2. The van der Waals surface area contributed by atoms with Gasteiger partial charge in [-0.05, 0) is 36.2 Å². The molecule has 2 rings (SSSR count). The lowest BCUT2D eigenvalue weighted by atomic mass is 10.1. The van der Waals surface area contributed by atoms with Crippen molar-refractivity contribution in [2.24, 2.45) is 5.73 Å². The Hall–Kier alpha value is -1.52. The van der Waals surface area contributed by atoms with E-state index in [0.717, 1.165) is 28.4 Å². The van der Waals surface area contributed by atoms with Crippen LogP contribution in [0.4, 0.5) is 4.39 Å². The fraction of sp³-hybridized carbons (Fsp3) is 0.250. The van der Waals surface area contributed by atoms with E-state index in [4.69, 9.17) is 10.5 Å².